The van der Waals surface area contributed by atoms with Gasteiger partial charge in [0.05, 0.1) is 11.4 Å². The number of hydrogen-bond acceptors (Lipinski definition) is 3. The lowest BCUT2D eigenvalue weighted by molar-refractivity contribution is 0.306. The first-order valence-corrected chi connectivity index (χ1v) is 4.84. The summed E-state index contributed by atoms with van der Waals surface area (Å²) in [5.41, 5.74) is 2.50. The molecule has 0 radical (unpaired) electrons. The monoisotopic (exact) mass is 188 g/mol. The molecule has 0 spiro atoms. The van der Waals surface area contributed by atoms with Crippen LogP contribution in [0.4, 0.5) is 0 Å². The highest BCUT2D eigenvalue weighted by atomic mass is 15.2. The third-order valence-electron chi connectivity index (χ3n) is 2.74. The van der Waals surface area contributed by atoms with Crippen molar-refractivity contribution in [3.8, 4) is 0 Å². The third kappa shape index (κ3) is 1.04. The summed E-state index contributed by atoms with van der Waals surface area (Å²) < 4.78 is 2.09. The van der Waals surface area contributed by atoms with Gasteiger partial charge in [0.15, 0.2) is 0 Å². The van der Waals surface area contributed by atoms with Crippen molar-refractivity contribution >= 4 is 5.78 Å². The van der Waals surface area contributed by atoms with Crippen LogP contribution in [0.15, 0.2) is 18.5 Å². The maximum Gasteiger partial charge on any atom is 0.234 e. The van der Waals surface area contributed by atoms with Crippen molar-refractivity contribution < 1.29 is 0 Å². The fourth-order valence-electron chi connectivity index (χ4n) is 1.98. The molecule has 0 unspecified atom stereocenters. The van der Waals surface area contributed by atoms with Gasteiger partial charge in [0.1, 0.15) is 0 Å². The Morgan fingerprint density at radius 3 is 3.29 bits per heavy atom. The van der Waals surface area contributed by atoms with E-state index in [4.69, 9.17) is 0 Å². The molecular formula is C10H12N4. The molecular weight excluding hydrogens is 176 g/mol. The fourth-order valence-corrected chi connectivity index (χ4v) is 1.98. The van der Waals surface area contributed by atoms with E-state index in [2.05, 4.69) is 26.3 Å². The molecule has 0 saturated heterocycles. The summed E-state index contributed by atoms with van der Waals surface area (Å²) in [4.78, 5) is 11.1. The van der Waals surface area contributed by atoms with Crippen molar-refractivity contribution in [3.63, 3.8) is 0 Å². The molecule has 72 valence electrons. The van der Waals surface area contributed by atoms with E-state index < -0.39 is 0 Å². The van der Waals surface area contributed by atoms with E-state index >= 15 is 0 Å². The number of rotatable bonds is 0. The van der Waals surface area contributed by atoms with Crippen LogP contribution in [0, 0.1) is 0 Å². The Labute approximate surface area is 82.2 Å². The molecule has 0 saturated carbocycles. The van der Waals surface area contributed by atoms with Crippen molar-refractivity contribution in [1.29, 1.82) is 0 Å². The number of fused-ring (bicyclic) bond motifs is 3. The lowest BCUT2D eigenvalue weighted by Crippen LogP contribution is -2.27. The minimum atomic E-state index is 0.827. The zero-order valence-corrected chi connectivity index (χ0v) is 8.14. The molecule has 0 atom stereocenters. The highest BCUT2D eigenvalue weighted by Crippen LogP contribution is 2.17. The van der Waals surface area contributed by atoms with Crippen molar-refractivity contribution in [2.24, 2.45) is 0 Å². The van der Waals surface area contributed by atoms with E-state index in [1.54, 1.807) is 6.20 Å². The van der Waals surface area contributed by atoms with Crippen molar-refractivity contribution in [2.45, 2.75) is 13.0 Å². The van der Waals surface area contributed by atoms with Gasteiger partial charge in [-0.25, -0.2) is 9.97 Å². The molecule has 2 aromatic heterocycles. The lowest BCUT2D eigenvalue weighted by atomic mass is 10.1. The largest absolute Gasteiger partial charge is 0.300 e. The second-order valence-corrected chi connectivity index (χ2v) is 3.78. The van der Waals surface area contributed by atoms with Crippen molar-refractivity contribution in [1.82, 2.24) is 19.3 Å². The van der Waals surface area contributed by atoms with E-state index in [1.807, 2.05) is 12.3 Å². The zero-order chi connectivity index (χ0) is 9.54. The number of aromatic nitrogens is 3. The summed E-state index contributed by atoms with van der Waals surface area (Å²) in [6.45, 7) is 2.07. The van der Waals surface area contributed by atoms with Gasteiger partial charge in [-0.05, 0) is 13.1 Å². The first-order chi connectivity index (χ1) is 6.84. The summed E-state index contributed by atoms with van der Waals surface area (Å²) in [6.07, 6.45) is 4.86. The summed E-state index contributed by atoms with van der Waals surface area (Å²) in [5.74, 6) is 0.827. The highest BCUT2D eigenvalue weighted by molar-refractivity contribution is 5.36. The Balaban J connectivity index is 2.25. The van der Waals surface area contributed by atoms with E-state index in [-0.39, 0.29) is 0 Å². The molecule has 0 bridgehead atoms. The number of nitrogens with zero attached hydrogens (tertiary/aromatic N) is 4. The van der Waals surface area contributed by atoms with Gasteiger partial charge < -0.3 is 4.90 Å². The summed E-state index contributed by atoms with van der Waals surface area (Å²) in [5, 5.41) is 0. The van der Waals surface area contributed by atoms with Gasteiger partial charge in [-0.1, -0.05) is 0 Å². The summed E-state index contributed by atoms with van der Waals surface area (Å²) in [6, 6.07) is 1.95. The van der Waals surface area contributed by atoms with Crippen molar-refractivity contribution in [3.05, 3.63) is 29.8 Å². The van der Waals surface area contributed by atoms with Crippen LogP contribution >= 0.6 is 0 Å². The van der Waals surface area contributed by atoms with Gasteiger partial charge in [-0.3, -0.25) is 4.40 Å². The second kappa shape index (κ2) is 2.78. The standard InChI is InChI=1S/C10H12N4/c1-13-6-3-8-9(7-13)14-5-2-4-11-10(14)12-8/h2,4-5H,3,6-7H2,1H3. The Morgan fingerprint density at radius 1 is 1.43 bits per heavy atom. The molecule has 4 heteroatoms. The molecule has 14 heavy (non-hydrogen) atoms. The second-order valence-electron chi connectivity index (χ2n) is 3.78. The smallest absolute Gasteiger partial charge is 0.234 e. The maximum atomic E-state index is 4.51. The molecule has 0 N–H and O–H groups in total. The number of likely N-dealkylation sites (N-methyl/N-ethyl adjacent to an activating group) is 1. The lowest BCUT2D eigenvalue weighted by Gasteiger charge is -2.21. The normalized spacial score (nSPS) is 17.2. The van der Waals surface area contributed by atoms with Gasteiger partial charge in [0, 0.05) is 31.9 Å². The molecule has 2 aromatic rings. The average molecular weight is 188 g/mol. The predicted molar refractivity (Wildman–Crippen MR) is 53.0 cm³/mol. The summed E-state index contributed by atoms with van der Waals surface area (Å²) >= 11 is 0. The fraction of sp³-hybridized carbons (Fsp3) is 0.400. The first kappa shape index (κ1) is 7.94. The van der Waals surface area contributed by atoms with Gasteiger partial charge >= 0.3 is 0 Å². The van der Waals surface area contributed by atoms with Crippen LogP contribution in [0.3, 0.4) is 0 Å². The molecule has 0 fully saturated rings. The van der Waals surface area contributed by atoms with E-state index in [0.29, 0.717) is 0 Å². The molecule has 3 heterocycles. The van der Waals surface area contributed by atoms with E-state index in [9.17, 15) is 0 Å². The van der Waals surface area contributed by atoms with E-state index in [1.165, 1.54) is 11.4 Å². The number of imidazole rings is 1. The van der Waals surface area contributed by atoms with Gasteiger partial charge in [0.2, 0.25) is 5.78 Å². The average Bonchev–Trinajstić information content (AvgIpc) is 2.56. The van der Waals surface area contributed by atoms with Gasteiger partial charge in [-0.2, -0.15) is 0 Å². The minimum absolute atomic E-state index is 0.827. The van der Waals surface area contributed by atoms with Crippen LogP contribution in [-0.4, -0.2) is 32.9 Å². The van der Waals surface area contributed by atoms with Gasteiger partial charge in [-0.15, -0.1) is 0 Å². The molecule has 3 rings (SSSR count). The SMILES string of the molecule is CN1CCc2nc3ncccn3c2C1. The third-order valence-corrected chi connectivity index (χ3v) is 2.74. The predicted octanol–water partition coefficient (Wildman–Crippen LogP) is 0.717. The van der Waals surface area contributed by atoms with Crippen LogP contribution in [0.1, 0.15) is 11.4 Å². The molecule has 0 aromatic carbocycles. The molecule has 4 nitrogen and oxygen atoms in total. The van der Waals surface area contributed by atoms with Crippen LogP contribution in [-0.2, 0) is 13.0 Å². The van der Waals surface area contributed by atoms with Crippen molar-refractivity contribution in [2.75, 3.05) is 13.6 Å². The van der Waals surface area contributed by atoms with Crippen LogP contribution in [0.25, 0.3) is 5.78 Å². The van der Waals surface area contributed by atoms with Crippen LogP contribution < -0.4 is 0 Å². The summed E-state index contributed by atoms with van der Waals surface area (Å²) in [7, 11) is 2.14. The van der Waals surface area contributed by atoms with Gasteiger partial charge in [0.25, 0.3) is 0 Å². The maximum absolute atomic E-state index is 4.51. The van der Waals surface area contributed by atoms with Crippen LogP contribution in [0.2, 0.25) is 0 Å². The Kier molecular flexibility index (Phi) is 1.58. The topological polar surface area (TPSA) is 33.4 Å². The minimum Gasteiger partial charge on any atom is -0.300 e. The highest BCUT2D eigenvalue weighted by Gasteiger charge is 2.18. The molecule has 1 aliphatic rings. The molecule has 1 aliphatic heterocycles. The first-order valence-electron chi connectivity index (χ1n) is 4.84. The molecule has 0 amide bonds. The van der Waals surface area contributed by atoms with Crippen LogP contribution in [0.5, 0.6) is 0 Å². The Morgan fingerprint density at radius 2 is 2.36 bits per heavy atom. The van der Waals surface area contributed by atoms with E-state index in [0.717, 1.165) is 25.3 Å². The number of hydrogen-bond donors (Lipinski definition) is 0. The Hall–Kier alpha value is -1.42. The molecule has 0 aliphatic carbocycles. The Bertz CT molecular complexity index is 474. The quantitative estimate of drug-likeness (QED) is 0.610. The zero-order valence-electron chi connectivity index (χ0n) is 8.14.